The van der Waals surface area contributed by atoms with Crippen LogP contribution in [0.1, 0.15) is 26.7 Å². The molecule has 0 saturated heterocycles. The number of nitriles is 1. The molecular weight excluding hydrogens is 126 g/mol. The Hall–Kier alpha value is -1.01. The molecule has 3 heteroatoms. The molecule has 0 saturated carbocycles. The van der Waals surface area contributed by atoms with Crippen LogP contribution in [-0.4, -0.2) is 0 Å². The molecule has 10 heavy (non-hydrogen) atoms. The molecule has 0 aromatic heterocycles. The summed E-state index contributed by atoms with van der Waals surface area (Å²) in [4.78, 5) is 0. The first-order valence-electron chi connectivity index (χ1n) is 3.28. The molecular formula is C7H13N3. The van der Waals surface area contributed by atoms with Gasteiger partial charge in [-0.25, -0.2) is 0 Å². The zero-order chi connectivity index (χ0) is 7.98. The highest BCUT2D eigenvalue weighted by Gasteiger charge is 1.96. The molecule has 3 N–H and O–H groups in total. The van der Waals surface area contributed by atoms with Gasteiger partial charge < -0.3 is 5.43 Å². The lowest BCUT2D eigenvalue weighted by molar-refractivity contribution is 0.819. The maximum Gasteiger partial charge on any atom is 0.0762 e. The summed E-state index contributed by atoms with van der Waals surface area (Å²) < 4.78 is 0. The average molecular weight is 139 g/mol. The minimum absolute atomic E-state index is 0.371. The summed E-state index contributed by atoms with van der Waals surface area (Å²) in [5.41, 5.74) is 4.49. The lowest BCUT2D eigenvalue weighted by atomic mass is 10.1. The van der Waals surface area contributed by atoms with Crippen molar-refractivity contribution in [2.45, 2.75) is 26.7 Å². The van der Waals surface area contributed by atoms with E-state index in [1.54, 1.807) is 0 Å². The maximum absolute atomic E-state index is 8.33. The van der Waals surface area contributed by atoms with E-state index in [4.69, 9.17) is 11.1 Å². The van der Waals surface area contributed by atoms with E-state index in [0.717, 1.165) is 17.7 Å². The van der Waals surface area contributed by atoms with Gasteiger partial charge >= 0.3 is 0 Å². The molecule has 0 rings (SSSR count). The first-order valence-corrected chi connectivity index (χ1v) is 3.28. The first-order chi connectivity index (χ1) is 4.76. The van der Waals surface area contributed by atoms with Gasteiger partial charge in [-0.3, -0.25) is 5.84 Å². The molecule has 0 fully saturated rings. The normalized spacial score (nSPS) is 11.8. The summed E-state index contributed by atoms with van der Waals surface area (Å²) in [7, 11) is 0. The Bertz CT molecular complexity index is 164. The molecule has 0 bridgehead atoms. The number of nitrogens with one attached hydrogen (secondary N) is 1. The predicted octanol–water partition coefficient (Wildman–Crippen LogP) is 1.05. The summed E-state index contributed by atoms with van der Waals surface area (Å²) >= 11 is 0. The molecule has 0 aliphatic heterocycles. The third kappa shape index (κ3) is 2.51. The zero-order valence-electron chi connectivity index (χ0n) is 6.44. The van der Waals surface area contributed by atoms with Crippen LogP contribution < -0.4 is 11.3 Å². The minimum atomic E-state index is 0.371. The van der Waals surface area contributed by atoms with Gasteiger partial charge in [0.2, 0.25) is 0 Å². The maximum atomic E-state index is 8.33. The standard InChI is InChI=1S/C7H13N3/c1-3-6(2)7(10-9)4-5-8/h10H,3-4,9H2,1-2H3/b7-6-. The number of nitrogens with two attached hydrogens (primary N) is 1. The van der Waals surface area contributed by atoms with Crippen molar-refractivity contribution in [2.24, 2.45) is 5.84 Å². The van der Waals surface area contributed by atoms with Gasteiger partial charge in [-0.2, -0.15) is 5.26 Å². The highest BCUT2D eigenvalue weighted by atomic mass is 15.2. The van der Waals surface area contributed by atoms with E-state index in [0.29, 0.717) is 6.42 Å². The second-order valence-corrected chi connectivity index (χ2v) is 2.09. The van der Waals surface area contributed by atoms with E-state index in [2.05, 4.69) is 5.43 Å². The number of hydrogen-bond donors (Lipinski definition) is 2. The van der Waals surface area contributed by atoms with Crippen LogP contribution in [0.2, 0.25) is 0 Å². The summed E-state index contributed by atoms with van der Waals surface area (Å²) in [6.07, 6.45) is 1.30. The quantitative estimate of drug-likeness (QED) is 0.453. The van der Waals surface area contributed by atoms with Crippen molar-refractivity contribution in [3.63, 3.8) is 0 Å². The number of hydrogen-bond acceptors (Lipinski definition) is 3. The fraction of sp³-hybridized carbons (Fsp3) is 0.571. The predicted molar refractivity (Wildman–Crippen MR) is 40.5 cm³/mol. The van der Waals surface area contributed by atoms with Crippen molar-refractivity contribution in [3.05, 3.63) is 11.3 Å². The van der Waals surface area contributed by atoms with Gasteiger partial charge in [0.05, 0.1) is 12.5 Å². The van der Waals surface area contributed by atoms with Gasteiger partial charge in [-0.05, 0) is 13.3 Å². The third-order valence-corrected chi connectivity index (χ3v) is 1.48. The van der Waals surface area contributed by atoms with E-state index < -0.39 is 0 Å². The molecule has 0 aliphatic rings. The molecule has 0 aromatic rings. The number of rotatable bonds is 3. The van der Waals surface area contributed by atoms with Gasteiger partial charge in [-0.1, -0.05) is 12.5 Å². The van der Waals surface area contributed by atoms with Crippen molar-refractivity contribution in [2.75, 3.05) is 0 Å². The fourth-order valence-electron chi connectivity index (χ4n) is 0.618. The molecule has 0 atom stereocenters. The second kappa shape index (κ2) is 4.83. The zero-order valence-corrected chi connectivity index (χ0v) is 6.44. The molecule has 0 aromatic carbocycles. The van der Waals surface area contributed by atoms with Crippen LogP contribution in [0.3, 0.4) is 0 Å². The Labute approximate surface area is 61.5 Å². The molecule has 0 unspecified atom stereocenters. The lowest BCUT2D eigenvalue weighted by Gasteiger charge is -2.04. The van der Waals surface area contributed by atoms with Crippen molar-refractivity contribution in [3.8, 4) is 6.07 Å². The molecule has 0 radical (unpaired) electrons. The molecule has 0 spiro atoms. The molecule has 0 aliphatic carbocycles. The highest BCUT2D eigenvalue weighted by Crippen LogP contribution is 2.06. The summed E-state index contributed by atoms with van der Waals surface area (Å²) in [5, 5.41) is 8.33. The van der Waals surface area contributed by atoms with E-state index >= 15 is 0 Å². The van der Waals surface area contributed by atoms with Gasteiger partial charge in [0.25, 0.3) is 0 Å². The van der Waals surface area contributed by atoms with Crippen LogP contribution in [-0.2, 0) is 0 Å². The fourth-order valence-corrected chi connectivity index (χ4v) is 0.618. The van der Waals surface area contributed by atoms with E-state index in [9.17, 15) is 0 Å². The van der Waals surface area contributed by atoms with Gasteiger partial charge in [0.1, 0.15) is 0 Å². The molecule has 3 nitrogen and oxygen atoms in total. The van der Waals surface area contributed by atoms with Crippen molar-refractivity contribution < 1.29 is 0 Å². The van der Waals surface area contributed by atoms with Gasteiger partial charge in [-0.15, -0.1) is 0 Å². The van der Waals surface area contributed by atoms with Gasteiger partial charge in [0.15, 0.2) is 0 Å². The van der Waals surface area contributed by atoms with Crippen LogP contribution in [0.15, 0.2) is 11.3 Å². The SMILES string of the molecule is CC/C(C)=C(/CC#N)NN. The van der Waals surface area contributed by atoms with Crippen LogP contribution in [0, 0.1) is 11.3 Å². The molecule has 0 amide bonds. The van der Waals surface area contributed by atoms with Crippen LogP contribution >= 0.6 is 0 Å². The smallest absolute Gasteiger partial charge is 0.0762 e. The Morgan fingerprint density at radius 1 is 1.70 bits per heavy atom. The summed E-state index contributed by atoms with van der Waals surface area (Å²) in [5.74, 6) is 5.18. The van der Waals surface area contributed by atoms with Crippen molar-refractivity contribution in [1.29, 1.82) is 5.26 Å². The van der Waals surface area contributed by atoms with E-state index in [-0.39, 0.29) is 0 Å². The van der Waals surface area contributed by atoms with Crippen molar-refractivity contribution >= 4 is 0 Å². The Balaban J connectivity index is 4.17. The third-order valence-electron chi connectivity index (χ3n) is 1.48. The average Bonchev–Trinajstić information content (AvgIpc) is 1.99. The minimum Gasteiger partial charge on any atom is -0.327 e. The second-order valence-electron chi connectivity index (χ2n) is 2.09. The largest absolute Gasteiger partial charge is 0.327 e. The van der Waals surface area contributed by atoms with Crippen LogP contribution in [0.25, 0.3) is 0 Å². The Kier molecular flexibility index (Phi) is 4.34. The first kappa shape index (κ1) is 8.99. The van der Waals surface area contributed by atoms with Crippen LogP contribution in [0.4, 0.5) is 0 Å². The topological polar surface area (TPSA) is 61.8 Å². The van der Waals surface area contributed by atoms with E-state index in [1.165, 1.54) is 0 Å². The number of nitrogens with zero attached hydrogens (tertiary/aromatic N) is 1. The van der Waals surface area contributed by atoms with Crippen molar-refractivity contribution in [1.82, 2.24) is 5.43 Å². The molecule has 56 valence electrons. The van der Waals surface area contributed by atoms with Crippen LogP contribution in [0.5, 0.6) is 0 Å². The monoisotopic (exact) mass is 139 g/mol. The number of hydrazine groups is 1. The summed E-state index contributed by atoms with van der Waals surface area (Å²) in [6.45, 7) is 4.00. The summed E-state index contributed by atoms with van der Waals surface area (Å²) in [6, 6.07) is 2.03. The number of allylic oxidation sites excluding steroid dienone is 2. The Morgan fingerprint density at radius 3 is 2.60 bits per heavy atom. The Morgan fingerprint density at radius 2 is 2.30 bits per heavy atom. The lowest BCUT2D eigenvalue weighted by Crippen LogP contribution is -2.22. The molecule has 0 heterocycles. The highest BCUT2D eigenvalue weighted by molar-refractivity contribution is 5.12. The van der Waals surface area contributed by atoms with Gasteiger partial charge in [0, 0.05) is 5.70 Å². The van der Waals surface area contributed by atoms with E-state index in [1.807, 2.05) is 19.9 Å².